The van der Waals surface area contributed by atoms with Gasteiger partial charge in [0.05, 0.1) is 24.4 Å². The van der Waals surface area contributed by atoms with Crippen molar-refractivity contribution in [1.82, 2.24) is 9.55 Å². The minimum Gasteiger partial charge on any atom is -0.494 e. The molecular weight excluding hydrogens is 256 g/mol. The van der Waals surface area contributed by atoms with Gasteiger partial charge in [-0.05, 0) is 45.0 Å². The third-order valence-electron chi connectivity index (χ3n) is 3.07. The second-order valence-corrected chi connectivity index (χ2v) is 4.52. The average molecular weight is 274 g/mol. The van der Waals surface area contributed by atoms with Crippen LogP contribution in [0.4, 0.5) is 0 Å². The molecule has 106 valence electrons. The number of benzene rings is 1. The molecule has 0 amide bonds. The van der Waals surface area contributed by atoms with E-state index in [0.717, 1.165) is 23.0 Å². The predicted molar refractivity (Wildman–Crippen MR) is 75.5 cm³/mol. The van der Waals surface area contributed by atoms with E-state index in [1.807, 2.05) is 49.6 Å². The van der Waals surface area contributed by atoms with Gasteiger partial charge in [0.1, 0.15) is 11.6 Å². The lowest BCUT2D eigenvalue weighted by Gasteiger charge is -2.11. The molecule has 0 bridgehead atoms. The molecule has 0 aliphatic carbocycles. The van der Waals surface area contributed by atoms with E-state index in [9.17, 15) is 4.79 Å². The minimum absolute atomic E-state index is 0.0418. The summed E-state index contributed by atoms with van der Waals surface area (Å²) < 4.78 is 7.28. The fourth-order valence-corrected chi connectivity index (χ4v) is 2.27. The lowest BCUT2D eigenvalue weighted by molar-refractivity contribution is -0.136. The number of aromatic nitrogens is 2. The summed E-state index contributed by atoms with van der Waals surface area (Å²) in [6.45, 7) is 6.25. The smallest absolute Gasteiger partial charge is 0.309 e. The Kier molecular flexibility index (Phi) is 4.08. The molecule has 0 atom stereocenters. The molecule has 2 aromatic rings. The second-order valence-electron chi connectivity index (χ2n) is 4.52. The van der Waals surface area contributed by atoms with Crippen LogP contribution >= 0.6 is 0 Å². The molecule has 0 radical (unpaired) electrons. The van der Waals surface area contributed by atoms with Crippen LogP contribution in [-0.2, 0) is 11.2 Å². The number of carboxylic acids is 1. The number of aryl methyl sites for hydroxylation is 2. The fourth-order valence-electron chi connectivity index (χ4n) is 2.27. The highest BCUT2D eigenvalue weighted by molar-refractivity contribution is 5.70. The highest BCUT2D eigenvalue weighted by Gasteiger charge is 2.15. The van der Waals surface area contributed by atoms with E-state index in [-0.39, 0.29) is 6.42 Å². The van der Waals surface area contributed by atoms with Crippen molar-refractivity contribution in [3.8, 4) is 11.4 Å². The summed E-state index contributed by atoms with van der Waals surface area (Å²) >= 11 is 0. The van der Waals surface area contributed by atoms with Crippen molar-refractivity contribution in [2.75, 3.05) is 6.61 Å². The van der Waals surface area contributed by atoms with Crippen LogP contribution in [-0.4, -0.2) is 27.2 Å². The van der Waals surface area contributed by atoms with E-state index in [1.165, 1.54) is 0 Å². The van der Waals surface area contributed by atoms with Gasteiger partial charge < -0.3 is 14.4 Å². The quantitative estimate of drug-likeness (QED) is 0.910. The van der Waals surface area contributed by atoms with Crippen LogP contribution in [0, 0.1) is 13.8 Å². The van der Waals surface area contributed by atoms with Gasteiger partial charge in [-0.3, -0.25) is 4.79 Å². The lowest BCUT2D eigenvalue weighted by Crippen LogP contribution is -2.09. The molecular formula is C15H18N2O3. The molecule has 0 aliphatic heterocycles. The maximum atomic E-state index is 11.0. The highest BCUT2D eigenvalue weighted by atomic mass is 16.5. The van der Waals surface area contributed by atoms with Crippen molar-refractivity contribution < 1.29 is 14.6 Å². The van der Waals surface area contributed by atoms with Crippen LogP contribution in [0.2, 0.25) is 0 Å². The van der Waals surface area contributed by atoms with Crippen molar-refractivity contribution in [1.29, 1.82) is 0 Å². The van der Waals surface area contributed by atoms with Gasteiger partial charge >= 0.3 is 5.97 Å². The normalized spacial score (nSPS) is 10.6. The zero-order valence-corrected chi connectivity index (χ0v) is 11.9. The van der Waals surface area contributed by atoms with E-state index in [0.29, 0.717) is 12.3 Å². The Hall–Kier alpha value is -2.30. The summed E-state index contributed by atoms with van der Waals surface area (Å²) in [6.07, 6.45) is -0.0418. The zero-order chi connectivity index (χ0) is 14.7. The highest BCUT2D eigenvalue weighted by Crippen LogP contribution is 2.21. The molecule has 0 fully saturated rings. The van der Waals surface area contributed by atoms with Gasteiger partial charge in [-0.1, -0.05) is 0 Å². The third kappa shape index (κ3) is 2.82. The van der Waals surface area contributed by atoms with E-state index < -0.39 is 5.97 Å². The van der Waals surface area contributed by atoms with Crippen LogP contribution in [0.15, 0.2) is 24.3 Å². The first kappa shape index (κ1) is 14.1. The zero-order valence-electron chi connectivity index (χ0n) is 11.9. The molecule has 1 aromatic carbocycles. The number of aliphatic carboxylic acids is 1. The molecule has 5 nitrogen and oxygen atoms in total. The Balaban J connectivity index is 2.43. The van der Waals surface area contributed by atoms with Gasteiger partial charge in [0, 0.05) is 5.69 Å². The molecule has 0 spiro atoms. The summed E-state index contributed by atoms with van der Waals surface area (Å²) in [7, 11) is 0. The Morgan fingerprint density at radius 3 is 2.50 bits per heavy atom. The topological polar surface area (TPSA) is 64.4 Å². The molecule has 0 saturated heterocycles. The van der Waals surface area contributed by atoms with Gasteiger partial charge in [0.15, 0.2) is 0 Å². The molecule has 5 heteroatoms. The largest absolute Gasteiger partial charge is 0.494 e. The first-order chi connectivity index (χ1) is 9.52. The summed E-state index contributed by atoms with van der Waals surface area (Å²) in [5, 5.41) is 9.02. The van der Waals surface area contributed by atoms with Crippen molar-refractivity contribution in [2.45, 2.75) is 27.2 Å². The molecule has 20 heavy (non-hydrogen) atoms. The average Bonchev–Trinajstić information content (AvgIpc) is 2.65. The van der Waals surface area contributed by atoms with E-state index >= 15 is 0 Å². The van der Waals surface area contributed by atoms with Crippen molar-refractivity contribution in [3.05, 3.63) is 41.5 Å². The maximum absolute atomic E-state index is 11.0. The number of hydrogen-bond donors (Lipinski definition) is 1. The Morgan fingerprint density at radius 1 is 1.30 bits per heavy atom. The lowest BCUT2D eigenvalue weighted by atomic mass is 10.2. The number of hydrogen-bond acceptors (Lipinski definition) is 3. The minimum atomic E-state index is -0.861. The van der Waals surface area contributed by atoms with E-state index in [4.69, 9.17) is 9.84 Å². The van der Waals surface area contributed by atoms with Crippen molar-refractivity contribution in [2.24, 2.45) is 0 Å². The second kappa shape index (κ2) is 5.77. The molecule has 0 aliphatic rings. The Bertz CT molecular complexity index is 615. The number of carbonyl (C=O) groups is 1. The number of nitrogens with zero attached hydrogens (tertiary/aromatic N) is 2. The van der Waals surface area contributed by atoms with Gasteiger partial charge in [0.2, 0.25) is 0 Å². The maximum Gasteiger partial charge on any atom is 0.309 e. The number of rotatable bonds is 5. The van der Waals surface area contributed by atoms with Gasteiger partial charge in [0.25, 0.3) is 0 Å². The number of ether oxygens (including phenoxy) is 1. The molecule has 1 aromatic heterocycles. The number of imidazole rings is 1. The Morgan fingerprint density at radius 2 is 1.95 bits per heavy atom. The van der Waals surface area contributed by atoms with Crippen LogP contribution in [0.25, 0.3) is 5.69 Å². The Labute approximate surface area is 117 Å². The first-order valence-electron chi connectivity index (χ1n) is 6.52. The summed E-state index contributed by atoms with van der Waals surface area (Å²) in [5.41, 5.74) is 2.35. The van der Waals surface area contributed by atoms with E-state index in [1.54, 1.807) is 0 Å². The van der Waals surface area contributed by atoms with Crippen LogP contribution in [0.3, 0.4) is 0 Å². The van der Waals surface area contributed by atoms with Crippen LogP contribution in [0.5, 0.6) is 5.75 Å². The predicted octanol–water partition coefficient (Wildman–Crippen LogP) is 2.51. The third-order valence-corrected chi connectivity index (χ3v) is 3.07. The summed E-state index contributed by atoms with van der Waals surface area (Å²) in [5.74, 6) is 0.716. The van der Waals surface area contributed by atoms with Gasteiger partial charge in [-0.15, -0.1) is 0 Å². The SMILES string of the molecule is CCOc1ccc(-n2c(C)nc(C)c2CC(=O)O)cc1. The molecule has 2 rings (SSSR count). The summed E-state index contributed by atoms with van der Waals surface area (Å²) in [6, 6.07) is 7.56. The molecule has 1 N–H and O–H groups in total. The van der Waals surface area contributed by atoms with Gasteiger partial charge in [-0.25, -0.2) is 4.98 Å². The molecule has 1 heterocycles. The number of carboxylic acid groups (broad SMARTS) is 1. The molecule has 0 unspecified atom stereocenters. The van der Waals surface area contributed by atoms with Crippen LogP contribution < -0.4 is 4.74 Å². The van der Waals surface area contributed by atoms with Crippen molar-refractivity contribution in [3.63, 3.8) is 0 Å². The van der Waals surface area contributed by atoms with Crippen LogP contribution in [0.1, 0.15) is 24.1 Å². The summed E-state index contributed by atoms with van der Waals surface area (Å²) in [4.78, 5) is 15.4. The molecule has 0 saturated carbocycles. The van der Waals surface area contributed by atoms with Crippen molar-refractivity contribution >= 4 is 5.97 Å². The first-order valence-corrected chi connectivity index (χ1v) is 6.52. The van der Waals surface area contributed by atoms with E-state index in [2.05, 4.69) is 4.98 Å². The van der Waals surface area contributed by atoms with Gasteiger partial charge in [-0.2, -0.15) is 0 Å². The standard InChI is InChI=1S/C15H18N2O3/c1-4-20-13-7-5-12(6-8-13)17-11(3)16-10(2)14(17)9-15(18)19/h5-8H,4,9H2,1-3H3,(H,18,19). The fraction of sp³-hybridized carbons (Fsp3) is 0.333. The monoisotopic (exact) mass is 274 g/mol.